The van der Waals surface area contributed by atoms with Crippen molar-refractivity contribution in [2.24, 2.45) is 5.92 Å². The van der Waals surface area contributed by atoms with Crippen LogP contribution in [0.1, 0.15) is 39.0 Å². The summed E-state index contributed by atoms with van der Waals surface area (Å²) in [5.74, 6) is 0.698. The molecule has 0 saturated carbocycles. The molecule has 0 fully saturated rings. The molecule has 2 nitrogen and oxygen atoms in total. The van der Waals surface area contributed by atoms with Crippen LogP contribution in [0, 0.1) is 5.92 Å². The van der Waals surface area contributed by atoms with E-state index < -0.39 is 6.10 Å². The van der Waals surface area contributed by atoms with E-state index in [-0.39, 0.29) is 6.61 Å². The van der Waals surface area contributed by atoms with Crippen LogP contribution in [-0.4, -0.2) is 22.9 Å². The summed E-state index contributed by atoms with van der Waals surface area (Å²) < 4.78 is 0. The number of hydrogen-bond acceptors (Lipinski definition) is 2. The van der Waals surface area contributed by atoms with Crippen molar-refractivity contribution >= 4 is 0 Å². The second-order valence-electron chi connectivity index (χ2n) is 3.75. The third-order valence-electron chi connectivity index (χ3n) is 2.26. The summed E-state index contributed by atoms with van der Waals surface area (Å²) in [7, 11) is 0. The highest BCUT2D eigenvalue weighted by Gasteiger charge is 2.03. The molecule has 78 valence electrons. The van der Waals surface area contributed by atoms with Crippen molar-refractivity contribution in [2.75, 3.05) is 6.61 Å². The normalized spacial score (nSPS) is 15.3. The molecule has 0 aromatic heterocycles. The van der Waals surface area contributed by atoms with Gasteiger partial charge in [0.25, 0.3) is 0 Å². The molecule has 0 saturated heterocycles. The number of allylic oxidation sites excluding steroid dienone is 1. The molecule has 0 aliphatic heterocycles. The molecule has 2 atom stereocenters. The molecule has 0 aromatic carbocycles. The van der Waals surface area contributed by atoms with E-state index in [2.05, 4.69) is 13.5 Å². The van der Waals surface area contributed by atoms with E-state index in [0.717, 1.165) is 25.7 Å². The first-order valence-electron chi connectivity index (χ1n) is 5.10. The van der Waals surface area contributed by atoms with Gasteiger partial charge in [-0.3, -0.25) is 0 Å². The van der Waals surface area contributed by atoms with Crippen molar-refractivity contribution in [3.8, 4) is 0 Å². The first kappa shape index (κ1) is 12.7. The van der Waals surface area contributed by atoms with E-state index in [0.29, 0.717) is 5.92 Å². The highest BCUT2D eigenvalue weighted by atomic mass is 16.3. The summed E-state index contributed by atoms with van der Waals surface area (Å²) in [6.07, 6.45) is 6.54. The maximum absolute atomic E-state index is 9.06. The predicted molar refractivity (Wildman–Crippen MR) is 55.5 cm³/mol. The Morgan fingerprint density at radius 2 is 1.92 bits per heavy atom. The van der Waals surface area contributed by atoms with Gasteiger partial charge in [-0.05, 0) is 18.8 Å². The Kier molecular flexibility index (Phi) is 8.05. The molecule has 13 heavy (non-hydrogen) atoms. The van der Waals surface area contributed by atoms with E-state index in [4.69, 9.17) is 10.2 Å². The SMILES string of the molecule is C=CCC(C)CCCCC(O)CO. The van der Waals surface area contributed by atoms with Crippen LogP contribution in [0.3, 0.4) is 0 Å². The second-order valence-corrected chi connectivity index (χ2v) is 3.75. The molecule has 0 aromatic rings. The standard InChI is InChI=1S/C11H22O2/c1-3-6-10(2)7-4-5-8-11(13)9-12/h3,10-13H,1,4-9H2,2H3. The minimum atomic E-state index is -0.519. The first-order chi connectivity index (χ1) is 6.20. The Labute approximate surface area is 81.3 Å². The van der Waals surface area contributed by atoms with Gasteiger partial charge in [-0.1, -0.05) is 32.3 Å². The average Bonchev–Trinajstić information content (AvgIpc) is 2.12. The zero-order valence-electron chi connectivity index (χ0n) is 8.58. The molecule has 0 radical (unpaired) electrons. The molecule has 0 aliphatic rings. The fourth-order valence-electron chi connectivity index (χ4n) is 1.37. The van der Waals surface area contributed by atoms with E-state index in [9.17, 15) is 0 Å². The smallest absolute Gasteiger partial charge is 0.0770 e. The van der Waals surface area contributed by atoms with Gasteiger partial charge in [0.2, 0.25) is 0 Å². The summed E-state index contributed by atoms with van der Waals surface area (Å²) in [6.45, 7) is 5.80. The lowest BCUT2D eigenvalue weighted by Crippen LogP contribution is -2.11. The van der Waals surface area contributed by atoms with Crippen LogP contribution in [0.15, 0.2) is 12.7 Å². The predicted octanol–water partition coefficient (Wildman–Crippen LogP) is 2.11. The summed E-state index contributed by atoms with van der Waals surface area (Å²) in [5, 5.41) is 17.6. The van der Waals surface area contributed by atoms with E-state index in [1.165, 1.54) is 6.42 Å². The number of aliphatic hydroxyl groups is 2. The molecular formula is C11H22O2. The molecule has 2 unspecified atom stereocenters. The number of aliphatic hydroxyl groups excluding tert-OH is 2. The number of rotatable bonds is 8. The highest BCUT2D eigenvalue weighted by molar-refractivity contribution is 4.70. The zero-order valence-corrected chi connectivity index (χ0v) is 8.58. The Bertz CT molecular complexity index is 123. The van der Waals surface area contributed by atoms with Crippen LogP contribution >= 0.6 is 0 Å². The second kappa shape index (κ2) is 8.27. The van der Waals surface area contributed by atoms with E-state index in [1.54, 1.807) is 0 Å². The van der Waals surface area contributed by atoms with Crippen LogP contribution in [0.25, 0.3) is 0 Å². The largest absolute Gasteiger partial charge is 0.394 e. The molecule has 0 amide bonds. The Morgan fingerprint density at radius 1 is 1.31 bits per heavy atom. The van der Waals surface area contributed by atoms with E-state index >= 15 is 0 Å². The van der Waals surface area contributed by atoms with Gasteiger partial charge in [0.1, 0.15) is 0 Å². The summed E-state index contributed by atoms with van der Waals surface area (Å²) in [5.41, 5.74) is 0. The van der Waals surface area contributed by atoms with Crippen molar-refractivity contribution < 1.29 is 10.2 Å². The van der Waals surface area contributed by atoms with Crippen LogP contribution in [-0.2, 0) is 0 Å². The van der Waals surface area contributed by atoms with Gasteiger partial charge in [0.15, 0.2) is 0 Å². The maximum Gasteiger partial charge on any atom is 0.0770 e. The van der Waals surface area contributed by atoms with Crippen LogP contribution < -0.4 is 0 Å². The van der Waals surface area contributed by atoms with Crippen molar-refractivity contribution in [3.63, 3.8) is 0 Å². The lowest BCUT2D eigenvalue weighted by Gasteiger charge is -2.09. The summed E-state index contributed by atoms with van der Waals surface area (Å²) >= 11 is 0. The van der Waals surface area contributed by atoms with Crippen molar-refractivity contribution in [1.82, 2.24) is 0 Å². The monoisotopic (exact) mass is 186 g/mol. The van der Waals surface area contributed by atoms with Crippen molar-refractivity contribution in [1.29, 1.82) is 0 Å². The first-order valence-corrected chi connectivity index (χ1v) is 5.10. The van der Waals surface area contributed by atoms with Crippen LogP contribution in [0.2, 0.25) is 0 Å². The Hall–Kier alpha value is -0.340. The van der Waals surface area contributed by atoms with Gasteiger partial charge >= 0.3 is 0 Å². The molecule has 0 heterocycles. The number of hydrogen-bond donors (Lipinski definition) is 2. The van der Waals surface area contributed by atoms with E-state index in [1.807, 2.05) is 6.08 Å². The Balaban J connectivity index is 3.19. The van der Waals surface area contributed by atoms with Gasteiger partial charge in [0.05, 0.1) is 12.7 Å². The average molecular weight is 186 g/mol. The van der Waals surface area contributed by atoms with Gasteiger partial charge in [0, 0.05) is 0 Å². The molecule has 0 spiro atoms. The summed E-state index contributed by atoms with van der Waals surface area (Å²) in [6, 6.07) is 0. The topological polar surface area (TPSA) is 40.5 Å². The molecule has 0 rings (SSSR count). The molecule has 2 heteroatoms. The zero-order chi connectivity index (χ0) is 10.1. The Morgan fingerprint density at radius 3 is 2.46 bits per heavy atom. The lowest BCUT2D eigenvalue weighted by molar-refractivity contribution is 0.0858. The van der Waals surface area contributed by atoms with Crippen LogP contribution in [0.5, 0.6) is 0 Å². The van der Waals surface area contributed by atoms with Crippen LogP contribution in [0.4, 0.5) is 0 Å². The van der Waals surface area contributed by atoms with Gasteiger partial charge in [-0.2, -0.15) is 0 Å². The fourth-order valence-corrected chi connectivity index (χ4v) is 1.37. The van der Waals surface area contributed by atoms with Gasteiger partial charge in [-0.25, -0.2) is 0 Å². The quantitative estimate of drug-likeness (QED) is 0.450. The number of unbranched alkanes of at least 4 members (excludes halogenated alkanes) is 1. The minimum Gasteiger partial charge on any atom is -0.394 e. The molecular weight excluding hydrogens is 164 g/mol. The molecule has 0 aliphatic carbocycles. The summed E-state index contributed by atoms with van der Waals surface area (Å²) in [4.78, 5) is 0. The fraction of sp³-hybridized carbons (Fsp3) is 0.818. The van der Waals surface area contributed by atoms with Gasteiger partial charge < -0.3 is 10.2 Å². The third-order valence-corrected chi connectivity index (χ3v) is 2.26. The molecule has 0 bridgehead atoms. The minimum absolute atomic E-state index is 0.109. The maximum atomic E-state index is 9.06. The van der Waals surface area contributed by atoms with Crippen molar-refractivity contribution in [2.45, 2.75) is 45.1 Å². The van der Waals surface area contributed by atoms with Crippen molar-refractivity contribution in [3.05, 3.63) is 12.7 Å². The highest BCUT2D eigenvalue weighted by Crippen LogP contribution is 2.13. The molecule has 2 N–H and O–H groups in total. The van der Waals surface area contributed by atoms with Gasteiger partial charge in [-0.15, -0.1) is 6.58 Å². The third kappa shape index (κ3) is 8.00. The lowest BCUT2D eigenvalue weighted by atomic mass is 9.99.